The number of nitrogens with zero attached hydrogens (tertiary/aromatic N) is 2. The number of nitro benzene ring substituents is 1. The highest BCUT2D eigenvalue weighted by molar-refractivity contribution is 6.30. The van der Waals surface area contributed by atoms with Gasteiger partial charge in [0.15, 0.2) is 0 Å². The monoisotopic (exact) mass is 377 g/mol. The van der Waals surface area contributed by atoms with E-state index in [1.54, 1.807) is 24.3 Å². The van der Waals surface area contributed by atoms with Crippen LogP contribution in [0.1, 0.15) is 16.8 Å². The van der Waals surface area contributed by atoms with Gasteiger partial charge < -0.3 is 15.0 Å². The second-order valence-electron chi connectivity index (χ2n) is 5.91. The Morgan fingerprint density at radius 2 is 1.92 bits per heavy atom. The van der Waals surface area contributed by atoms with Crippen LogP contribution >= 0.6 is 11.6 Å². The summed E-state index contributed by atoms with van der Waals surface area (Å²) >= 11 is 5.78. The molecule has 0 aromatic heterocycles. The predicted molar refractivity (Wildman–Crippen MR) is 100 cm³/mol. The van der Waals surface area contributed by atoms with Crippen molar-refractivity contribution in [3.8, 4) is 11.5 Å². The van der Waals surface area contributed by atoms with Gasteiger partial charge in [-0.1, -0.05) is 11.6 Å². The maximum atomic E-state index is 12.1. The van der Waals surface area contributed by atoms with Crippen LogP contribution in [0.3, 0.4) is 0 Å². The molecule has 0 spiro atoms. The Labute approximate surface area is 156 Å². The van der Waals surface area contributed by atoms with Crippen molar-refractivity contribution in [2.45, 2.75) is 6.42 Å². The summed E-state index contributed by atoms with van der Waals surface area (Å²) in [5.41, 5.74) is 0.271. The summed E-state index contributed by atoms with van der Waals surface area (Å²) < 4.78 is 5.55. The van der Waals surface area contributed by atoms with Crippen LogP contribution in [0.5, 0.6) is 11.5 Å². The van der Waals surface area contributed by atoms with E-state index in [0.717, 1.165) is 13.0 Å². The molecule has 0 fully saturated rings. The molecule has 2 rings (SSSR count). The van der Waals surface area contributed by atoms with Gasteiger partial charge in [0.1, 0.15) is 5.75 Å². The van der Waals surface area contributed by atoms with Crippen molar-refractivity contribution in [3.05, 3.63) is 63.2 Å². The molecule has 8 heteroatoms. The van der Waals surface area contributed by atoms with Crippen molar-refractivity contribution in [3.63, 3.8) is 0 Å². The number of rotatable bonds is 8. The minimum absolute atomic E-state index is 0.0836. The molecule has 1 amide bonds. The van der Waals surface area contributed by atoms with E-state index >= 15 is 0 Å². The minimum Gasteiger partial charge on any atom is -0.450 e. The quantitative estimate of drug-likeness (QED) is 0.430. The average molecular weight is 378 g/mol. The highest BCUT2D eigenvalue weighted by Gasteiger charge is 2.16. The van der Waals surface area contributed by atoms with Gasteiger partial charge in [-0.05, 0) is 63.5 Å². The Bertz CT molecular complexity index is 779. The number of carbonyl (C=O) groups is 1. The molecule has 0 unspecified atom stereocenters. The number of carbonyl (C=O) groups excluding carboxylic acids is 1. The van der Waals surface area contributed by atoms with Crippen LogP contribution in [0.15, 0.2) is 42.5 Å². The second-order valence-corrected chi connectivity index (χ2v) is 6.34. The number of benzene rings is 2. The largest absolute Gasteiger partial charge is 0.450 e. The lowest BCUT2D eigenvalue weighted by molar-refractivity contribution is -0.385. The van der Waals surface area contributed by atoms with Crippen molar-refractivity contribution < 1.29 is 14.5 Å². The van der Waals surface area contributed by atoms with Crippen LogP contribution in [0.2, 0.25) is 5.02 Å². The van der Waals surface area contributed by atoms with Gasteiger partial charge in [-0.3, -0.25) is 14.9 Å². The molecule has 0 atom stereocenters. The molecular formula is C18H20ClN3O4. The number of amides is 1. The molecule has 26 heavy (non-hydrogen) atoms. The minimum atomic E-state index is -0.559. The van der Waals surface area contributed by atoms with Crippen LogP contribution in [-0.4, -0.2) is 42.9 Å². The fourth-order valence-corrected chi connectivity index (χ4v) is 2.39. The first-order chi connectivity index (χ1) is 12.4. The zero-order valence-electron chi connectivity index (χ0n) is 14.6. The molecule has 0 radical (unpaired) electrons. The molecular weight excluding hydrogens is 358 g/mol. The topological polar surface area (TPSA) is 84.7 Å². The van der Waals surface area contributed by atoms with Crippen LogP contribution < -0.4 is 10.1 Å². The van der Waals surface area contributed by atoms with Crippen LogP contribution in [0, 0.1) is 10.1 Å². The normalized spacial score (nSPS) is 10.6. The Hall–Kier alpha value is -2.64. The number of hydrogen-bond acceptors (Lipinski definition) is 5. The highest BCUT2D eigenvalue weighted by Crippen LogP contribution is 2.33. The standard InChI is InChI=1S/C18H20ClN3O4/c1-21(2)11-3-10-20-18(23)13-4-7-15(8-5-13)26-17-9-6-14(19)12-16(17)22(24)25/h4-9,12H,3,10-11H2,1-2H3,(H,20,23). The zero-order valence-corrected chi connectivity index (χ0v) is 15.3. The summed E-state index contributed by atoms with van der Waals surface area (Å²) in [5.74, 6) is 0.299. The first-order valence-corrected chi connectivity index (χ1v) is 8.39. The molecule has 0 aliphatic carbocycles. The molecule has 0 aliphatic heterocycles. The van der Waals surface area contributed by atoms with E-state index in [-0.39, 0.29) is 22.4 Å². The van der Waals surface area contributed by atoms with Crippen LogP contribution in [0.25, 0.3) is 0 Å². The van der Waals surface area contributed by atoms with Gasteiger partial charge >= 0.3 is 5.69 Å². The lowest BCUT2D eigenvalue weighted by Crippen LogP contribution is -2.27. The molecule has 0 bridgehead atoms. The molecule has 0 saturated heterocycles. The molecule has 1 N–H and O–H groups in total. The van der Waals surface area contributed by atoms with Gasteiger partial charge in [-0.2, -0.15) is 0 Å². The molecule has 0 saturated carbocycles. The predicted octanol–water partition coefficient (Wildman–Crippen LogP) is 3.72. The van der Waals surface area contributed by atoms with Crippen LogP contribution in [-0.2, 0) is 0 Å². The van der Waals surface area contributed by atoms with E-state index in [9.17, 15) is 14.9 Å². The number of nitrogens with one attached hydrogen (secondary N) is 1. The van der Waals surface area contributed by atoms with E-state index in [2.05, 4.69) is 5.32 Å². The number of ether oxygens (including phenoxy) is 1. The summed E-state index contributed by atoms with van der Waals surface area (Å²) in [6.07, 6.45) is 0.861. The third-order valence-corrected chi connectivity index (χ3v) is 3.76. The lowest BCUT2D eigenvalue weighted by Gasteiger charge is -2.10. The number of hydrogen-bond donors (Lipinski definition) is 1. The van der Waals surface area contributed by atoms with Crippen molar-refractivity contribution in [1.29, 1.82) is 0 Å². The van der Waals surface area contributed by atoms with E-state index in [1.807, 2.05) is 19.0 Å². The van der Waals surface area contributed by atoms with Gasteiger partial charge in [-0.15, -0.1) is 0 Å². The molecule has 2 aromatic rings. The van der Waals surface area contributed by atoms with E-state index in [4.69, 9.17) is 16.3 Å². The number of halogens is 1. The maximum absolute atomic E-state index is 12.1. The van der Waals surface area contributed by atoms with E-state index in [0.29, 0.717) is 17.9 Å². The fraction of sp³-hybridized carbons (Fsp3) is 0.278. The summed E-state index contributed by atoms with van der Waals surface area (Å²) in [7, 11) is 3.96. The van der Waals surface area contributed by atoms with Gasteiger partial charge in [0.25, 0.3) is 5.91 Å². The summed E-state index contributed by atoms with van der Waals surface area (Å²) in [4.78, 5) is 24.6. The van der Waals surface area contributed by atoms with Gasteiger partial charge in [0.2, 0.25) is 5.75 Å². The summed E-state index contributed by atoms with van der Waals surface area (Å²) in [6, 6.07) is 10.6. The van der Waals surface area contributed by atoms with Gasteiger partial charge in [-0.25, -0.2) is 0 Å². The molecule has 138 valence electrons. The van der Waals surface area contributed by atoms with Gasteiger partial charge in [0, 0.05) is 23.2 Å². The average Bonchev–Trinajstić information content (AvgIpc) is 2.60. The summed E-state index contributed by atoms with van der Waals surface area (Å²) in [6.45, 7) is 1.49. The Balaban J connectivity index is 1.99. The van der Waals surface area contributed by atoms with Gasteiger partial charge in [0.05, 0.1) is 4.92 Å². The second kappa shape index (κ2) is 9.17. The van der Waals surface area contributed by atoms with Crippen molar-refractivity contribution >= 4 is 23.2 Å². The third-order valence-electron chi connectivity index (χ3n) is 3.53. The lowest BCUT2D eigenvalue weighted by atomic mass is 10.2. The molecule has 2 aromatic carbocycles. The van der Waals surface area contributed by atoms with E-state index < -0.39 is 4.92 Å². The van der Waals surface area contributed by atoms with Crippen molar-refractivity contribution in [2.24, 2.45) is 0 Å². The van der Waals surface area contributed by atoms with Crippen molar-refractivity contribution in [2.75, 3.05) is 27.2 Å². The first-order valence-electron chi connectivity index (χ1n) is 8.01. The Kier molecular flexibility index (Phi) is 6.94. The summed E-state index contributed by atoms with van der Waals surface area (Å²) in [5, 5.41) is 14.2. The van der Waals surface area contributed by atoms with Crippen molar-refractivity contribution in [1.82, 2.24) is 10.2 Å². The smallest absolute Gasteiger partial charge is 0.313 e. The molecule has 7 nitrogen and oxygen atoms in total. The Morgan fingerprint density at radius 1 is 1.23 bits per heavy atom. The SMILES string of the molecule is CN(C)CCCNC(=O)c1ccc(Oc2ccc(Cl)cc2[N+](=O)[O-])cc1. The third kappa shape index (κ3) is 5.72. The maximum Gasteiger partial charge on any atom is 0.313 e. The first kappa shape index (κ1) is 19.7. The number of nitro groups is 1. The van der Waals surface area contributed by atoms with Crippen LogP contribution in [0.4, 0.5) is 5.69 Å². The highest BCUT2D eigenvalue weighted by atomic mass is 35.5. The molecule has 0 heterocycles. The Morgan fingerprint density at radius 3 is 2.54 bits per heavy atom. The zero-order chi connectivity index (χ0) is 19.1. The molecule has 0 aliphatic rings. The fourth-order valence-electron chi connectivity index (χ4n) is 2.22. The van der Waals surface area contributed by atoms with E-state index in [1.165, 1.54) is 18.2 Å².